The van der Waals surface area contributed by atoms with E-state index in [-0.39, 0.29) is 0 Å². The lowest BCUT2D eigenvalue weighted by Gasteiger charge is -2.11. The smallest absolute Gasteiger partial charge is 0.254 e. The lowest BCUT2D eigenvalue weighted by Crippen LogP contribution is -2.10. The number of aromatic nitrogens is 6. The molecule has 0 unspecified atom stereocenters. The predicted octanol–water partition coefficient (Wildman–Crippen LogP) is 3.76. The molecule has 0 amide bonds. The van der Waals surface area contributed by atoms with Gasteiger partial charge >= 0.3 is 0 Å². The second kappa shape index (κ2) is 6.84. The van der Waals surface area contributed by atoms with Gasteiger partial charge in [-0.15, -0.1) is 5.10 Å². The minimum Gasteiger partial charge on any atom is -0.493 e. The van der Waals surface area contributed by atoms with Crippen LogP contribution in [0.15, 0.2) is 48.5 Å². The molecule has 0 saturated heterocycles. The highest BCUT2D eigenvalue weighted by molar-refractivity contribution is 5.94. The number of hydrogen-bond acceptors (Lipinski definition) is 6. The van der Waals surface area contributed by atoms with Crippen molar-refractivity contribution >= 4 is 16.6 Å². The van der Waals surface area contributed by atoms with Crippen molar-refractivity contribution in [2.24, 2.45) is 0 Å². The van der Waals surface area contributed by atoms with E-state index >= 15 is 0 Å². The summed E-state index contributed by atoms with van der Waals surface area (Å²) in [4.78, 5) is 9.70. The van der Waals surface area contributed by atoms with Crippen LogP contribution >= 0.6 is 0 Å². The fraction of sp³-hybridized carbons (Fsp3) is 0.182. The third-order valence-electron chi connectivity index (χ3n) is 4.99. The van der Waals surface area contributed by atoms with Crippen molar-refractivity contribution in [3.05, 3.63) is 59.9 Å². The molecule has 0 aliphatic heterocycles. The Kier molecular flexibility index (Phi) is 4.13. The van der Waals surface area contributed by atoms with Crippen molar-refractivity contribution in [3.63, 3.8) is 0 Å². The molecule has 0 fully saturated rings. The number of rotatable bonds is 4. The highest BCUT2D eigenvalue weighted by Gasteiger charge is 2.19. The first-order chi connectivity index (χ1) is 14.6. The fourth-order valence-corrected chi connectivity index (χ4v) is 3.60. The van der Waals surface area contributed by atoms with E-state index in [1.54, 1.807) is 23.4 Å². The Morgan fingerprint density at radius 2 is 1.57 bits per heavy atom. The van der Waals surface area contributed by atoms with Crippen molar-refractivity contribution in [1.82, 2.24) is 29.4 Å². The van der Waals surface area contributed by atoms with Crippen LogP contribution in [0.3, 0.4) is 0 Å². The molecular formula is C22H20N6O2. The third-order valence-corrected chi connectivity index (χ3v) is 4.99. The zero-order chi connectivity index (χ0) is 20.8. The van der Waals surface area contributed by atoms with Gasteiger partial charge in [0.15, 0.2) is 23.0 Å². The van der Waals surface area contributed by atoms with E-state index < -0.39 is 0 Å². The largest absolute Gasteiger partial charge is 0.493 e. The van der Waals surface area contributed by atoms with E-state index in [2.05, 4.69) is 5.10 Å². The fourth-order valence-electron chi connectivity index (χ4n) is 3.60. The zero-order valence-electron chi connectivity index (χ0n) is 17.1. The lowest BCUT2D eigenvalue weighted by atomic mass is 10.2. The van der Waals surface area contributed by atoms with Crippen LogP contribution in [0.2, 0.25) is 0 Å². The summed E-state index contributed by atoms with van der Waals surface area (Å²) in [7, 11) is 3.21. The number of aryl methyl sites for hydroxylation is 2. The minimum atomic E-state index is 0.560. The molecule has 5 rings (SSSR count). The topological polar surface area (TPSA) is 79.4 Å². The number of ether oxygens (including phenoxy) is 2. The van der Waals surface area contributed by atoms with Gasteiger partial charge in [0.2, 0.25) is 0 Å². The van der Waals surface area contributed by atoms with Crippen molar-refractivity contribution in [1.29, 1.82) is 0 Å². The monoisotopic (exact) mass is 400 g/mol. The molecule has 3 heterocycles. The molecule has 30 heavy (non-hydrogen) atoms. The van der Waals surface area contributed by atoms with E-state index in [4.69, 9.17) is 24.5 Å². The second-order valence-corrected chi connectivity index (χ2v) is 7.01. The van der Waals surface area contributed by atoms with Gasteiger partial charge in [-0.2, -0.15) is 9.61 Å². The summed E-state index contributed by atoms with van der Waals surface area (Å²) in [6, 6.07) is 15.6. The molecule has 2 aromatic carbocycles. The first kappa shape index (κ1) is 18.1. The Morgan fingerprint density at radius 3 is 2.23 bits per heavy atom. The van der Waals surface area contributed by atoms with Crippen molar-refractivity contribution in [2.45, 2.75) is 13.8 Å². The van der Waals surface area contributed by atoms with Crippen molar-refractivity contribution in [2.75, 3.05) is 14.2 Å². The summed E-state index contributed by atoms with van der Waals surface area (Å²) in [5.74, 6) is 2.38. The van der Waals surface area contributed by atoms with Crippen LogP contribution in [-0.2, 0) is 0 Å². The van der Waals surface area contributed by atoms with Crippen LogP contribution in [-0.4, -0.2) is 43.6 Å². The molecule has 3 aromatic heterocycles. The summed E-state index contributed by atoms with van der Waals surface area (Å²) in [5.41, 5.74) is 4.17. The normalized spacial score (nSPS) is 11.3. The maximum atomic E-state index is 5.49. The summed E-state index contributed by atoms with van der Waals surface area (Å²) in [5, 5.41) is 10.2. The first-order valence-corrected chi connectivity index (χ1v) is 9.50. The van der Waals surface area contributed by atoms with Crippen LogP contribution in [0.4, 0.5) is 0 Å². The second-order valence-electron chi connectivity index (χ2n) is 7.01. The SMILES string of the molecule is COc1cc2nc(-n3nc(C)cc3C)n3nc(-c4ccccc4)nc3c2cc1OC. The van der Waals surface area contributed by atoms with Gasteiger partial charge < -0.3 is 9.47 Å². The van der Waals surface area contributed by atoms with Gasteiger partial charge in [0, 0.05) is 22.7 Å². The summed E-state index contributed by atoms with van der Waals surface area (Å²) in [6.45, 7) is 3.94. The number of nitrogens with zero attached hydrogens (tertiary/aromatic N) is 6. The Labute approximate surface area is 172 Å². The zero-order valence-corrected chi connectivity index (χ0v) is 17.1. The molecular weight excluding hydrogens is 380 g/mol. The number of benzene rings is 2. The average Bonchev–Trinajstić information content (AvgIpc) is 3.36. The summed E-state index contributed by atoms with van der Waals surface area (Å²) < 4.78 is 14.5. The molecule has 0 N–H and O–H groups in total. The maximum absolute atomic E-state index is 5.49. The van der Waals surface area contributed by atoms with Gasteiger partial charge in [0.1, 0.15) is 0 Å². The lowest BCUT2D eigenvalue weighted by molar-refractivity contribution is 0.356. The van der Waals surface area contributed by atoms with Gasteiger partial charge in [-0.25, -0.2) is 14.6 Å². The number of methoxy groups -OCH3 is 2. The molecule has 0 bridgehead atoms. The van der Waals surface area contributed by atoms with Crippen LogP contribution in [0.1, 0.15) is 11.4 Å². The van der Waals surface area contributed by atoms with Crippen molar-refractivity contribution in [3.8, 4) is 28.8 Å². The standard InChI is InChI=1S/C22H20N6O2/c1-13-10-14(2)27(25-13)22-23-17-12-19(30-4)18(29-3)11-16(17)21-24-20(26-28(21)22)15-8-6-5-7-9-15/h5-12H,1-4H3. The van der Waals surface area contributed by atoms with E-state index in [0.29, 0.717) is 28.9 Å². The molecule has 8 heteroatoms. The van der Waals surface area contributed by atoms with Gasteiger partial charge in [-0.1, -0.05) is 30.3 Å². The Bertz CT molecular complexity index is 1390. The average molecular weight is 400 g/mol. The summed E-state index contributed by atoms with van der Waals surface area (Å²) in [6.07, 6.45) is 0. The third kappa shape index (κ3) is 2.76. The first-order valence-electron chi connectivity index (χ1n) is 9.50. The molecule has 150 valence electrons. The van der Waals surface area contributed by atoms with Crippen molar-refractivity contribution < 1.29 is 9.47 Å². The van der Waals surface area contributed by atoms with Gasteiger partial charge in [0.25, 0.3) is 5.95 Å². The van der Waals surface area contributed by atoms with Crippen LogP contribution in [0.5, 0.6) is 11.5 Å². The van der Waals surface area contributed by atoms with Crippen LogP contribution < -0.4 is 9.47 Å². The molecule has 5 aromatic rings. The quantitative estimate of drug-likeness (QED) is 0.457. The molecule has 0 saturated carbocycles. The molecule has 0 atom stereocenters. The Morgan fingerprint density at radius 1 is 0.833 bits per heavy atom. The number of hydrogen-bond donors (Lipinski definition) is 0. The minimum absolute atomic E-state index is 0.560. The van der Waals surface area contributed by atoms with E-state index in [9.17, 15) is 0 Å². The molecule has 0 aliphatic rings. The van der Waals surface area contributed by atoms with Gasteiger partial charge in [0.05, 0.1) is 25.4 Å². The number of fused-ring (bicyclic) bond motifs is 3. The van der Waals surface area contributed by atoms with Gasteiger partial charge in [-0.05, 0) is 26.0 Å². The Balaban J connectivity index is 1.89. The maximum Gasteiger partial charge on any atom is 0.254 e. The Hall–Kier alpha value is -3.94. The molecule has 0 aliphatic carbocycles. The predicted molar refractivity (Wildman–Crippen MR) is 113 cm³/mol. The summed E-state index contributed by atoms with van der Waals surface area (Å²) >= 11 is 0. The molecule has 0 radical (unpaired) electrons. The molecule has 0 spiro atoms. The molecule has 8 nitrogen and oxygen atoms in total. The highest BCUT2D eigenvalue weighted by atomic mass is 16.5. The van der Waals surface area contributed by atoms with Crippen LogP contribution in [0.25, 0.3) is 33.9 Å². The van der Waals surface area contributed by atoms with Crippen LogP contribution in [0, 0.1) is 13.8 Å². The van der Waals surface area contributed by atoms with E-state index in [1.165, 1.54) is 0 Å². The van der Waals surface area contributed by atoms with Gasteiger partial charge in [-0.3, -0.25) is 0 Å². The van der Waals surface area contributed by atoms with E-state index in [0.717, 1.165) is 27.9 Å². The highest BCUT2D eigenvalue weighted by Crippen LogP contribution is 2.34. The van der Waals surface area contributed by atoms with E-state index in [1.807, 2.05) is 62.4 Å².